The van der Waals surface area contributed by atoms with Crippen LogP contribution in [-0.4, -0.2) is 31.0 Å². The summed E-state index contributed by atoms with van der Waals surface area (Å²) in [6.45, 7) is 1.61. The lowest BCUT2D eigenvalue weighted by Gasteiger charge is -2.23. The molecule has 0 saturated carbocycles. The van der Waals surface area contributed by atoms with Crippen LogP contribution in [0.25, 0.3) is 0 Å². The number of halogens is 1. The van der Waals surface area contributed by atoms with E-state index in [2.05, 4.69) is 4.98 Å². The molecular formula is C14H13ClN2O4S. The Morgan fingerprint density at radius 1 is 1.27 bits per heavy atom. The molecule has 0 radical (unpaired) electrons. The van der Waals surface area contributed by atoms with Gasteiger partial charge in [0.25, 0.3) is 10.0 Å². The van der Waals surface area contributed by atoms with Gasteiger partial charge in [-0.2, -0.15) is 0 Å². The zero-order chi connectivity index (χ0) is 16.3. The van der Waals surface area contributed by atoms with E-state index in [1.165, 1.54) is 30.5 Å². The van der Waals surface area contributed by atoms with E-state index in [4.69, 9.17) is 11.6 Å². The lowest BCUT2D eigenvalue weighted by molar-refractivity contribution is 0.0697. The Morgan fingerprint density at radius 3 is 2.55 bits per heavy atom. The Balaban J connectivity index is 2.63. The minimum atomic E-state index is -4.02. The molecule has 0 aliphatic heterocycles. The predicted octanol–water partition coefficient (Wildman–Crippen LogP) is 2.65. The first kappa shape index (κ1) is 16.3. The summed E-state index contributed by atoms with van der Waals surface area (Å²) in [5.41, 5.74) is -0.194. The quantitative estimate of drug-likeness (QED) is 0.904. The molecule has 8 heteroatoms. The van der Waals surface area contributed by atoms with Crippen molar-refractivity contribution in [3.63, 3.8) is 0 Å². The number of carbonyl (C=O) groups is 1. The third-order valence-electron chi connectivity index (χ3n) is 2.95. The Labute approximate surface area is 133 Å². The van der Waals surface area contributed by atoms with Gasteiger partial charge in [0.15, 0.2) is 5.82 Å². The van der Waals surface area contributed by atoms with Crippen LogP contribution < -0.4 is 4.31 Å². The smallest absolute Gasteiger partial charge is 0.339 e. The molecular weight excluding hydrogens is 328 g/mol. The lowest BCUT2D eigenvalue weighted by atomic mass is 10.2. The van der Waals surface area contributed by atoms with Gasteiger partial charge in [-0.1, -0.05) is 23.7 Å². The highest BCUT2D eigenvalue weighted by molar-refractivity contribution is 7.93. The Bertz CT molecular complexity index is 808. The van der Waals surface area contributed by atoms with Crippen LogP contribution >= 0.6 is 11.6 Å². The molecule has 0 amide bonds. The van der Waals surface area contributed by atoms with Crippen molar-refractivity contribution in [2.24, 2.45) is 0 Å². The average molecular weight is 341 g/mol. The molecule has 0 unspecified atom stereocenters. The number of anilines is 1. The number of carboxylic acid groups (broad SMARTS) is 1. The molecule has 1 aromatic heterocycles. The van der Waals surface area contributed by atoms with Crippen LogP contribution in [0, 0.1) is 0 Å². The van der Waals surface area contributed by atoms with Crippen LogP contribution in [0.4, 0.5) is 5.82 Å². The summed E-state index contributed by atoms with van der Waals surface area (Å²) in [6, 6.07) is 8.71. The molecule has 116 valence electrons. The monoisotopic (exact) mass is 340 g/mol. The largest absolute Gasteiger partial charge is 0.478 e. The number of rotatable bonds is 5. The van der Waals surface area contributed by atoms with Gasteiger partial charge in [-0.15, -0.1) is 0 Å². The number of nitrogens with zero attached hydrogens (tertiary/aromatic N) is 2. The number of aromatic nitrogens is 1. The zero-order valence-corrected chi connectivity index (χ0v) is 13.2. The molecule has 22 heavy (non-hydrogen) atoms. The van der Waals surface area contributed by atoms with Crippen molar-refractivity contribution in [1.82, 2.24) is 4.98 Å². The second-order valence-corrected chi connectivity index (χ2v) is 6.52. The van der Waals surface area contributed by atoms with Crippen molar-refractivity contribution >= 4 is 33.4 Å². The maximum Gasteiger partial charge on any atom is 0.339 e. The first-order valence-electron chi connectivity index (χ1n) is 6.35. The third kappa shape index (κ3) is 2.90. The minimum absolute atomic E-state index is 0.0187. The maximum absolute atomic E-state index is 12.8. The van der Waals surface area contributed by atoms with Crippen LogP contribution in [0.15, 0.2) is 47.5 Å². The second-order valence-electron chi connectivity index (χ2n) is 4.28. The van der Waals surface area contributed by atoms with Crippen molar-refractivity contribution < 1.29 is 18.3 Å². The van der Waals surface area contributed by atoms with Crippen LogP contribution in [-0.2, 0) is 10.0 Å². The van der Waals surface area contributed by atoms with E-state index in [0.717, 1.165) is 4.31 Å². The van der Waals surface area contributed by atoms with Gasteiger partial charge in [-0.05, 0) is 31.2 Å². The fraction of sp³-hybridized carbons (Fsp3) is 0.143. The summed E-state index contributed by atoms with van der Waals surface area (Å²) >= 11 is 5.96. The molecule has 1 aromatic carbocycles. The number of aromatic carboxylic acids is 1. The van der Waals surface area contributed by atoms with Gasteiger partial charge >= 0.3 is 5.97 Å². The van der Waals surface area contributed by atoms with Gasteiger partial charge in [0.2, 0.25) is 0 Å². The van der Waals surface area contributed by atoms with E-state index in [9.17, 15) is 18.3 Å². The number of sulfonamides is 1. The van der Waals surface area contributed by atoms with Gasteiger partial charge in [0.1, 0.15) is 10.5 Å². The predicted molar refractivity (Wildman–Crippen MR) is 82.9 cm³/mol. The van der Waals surface area contributed by atoms with E-state index in [0.29, 0.717) is 0 Å². The van der Waals surface area contributed by atoms with Crippen molar-refractivity contribution in [3.05, 3.63) is 53.2 Å². The highest BCUT2D eigenvalue weighted by atomic mass is 35.5. The molecule has 1 N–H and O–H groups in total. The van der Waals surface area contributed by atoms with E-state index < -0.39 is 16.0 Å². The fourth-order valence-corrected chi connectivity index (χ4v) is 3.91. The zero-order valence-electron chi connectivity index (χ0n) is 11.6. The molecule has 0 aliphatic carbocycles. The van der Waals surface area contributed by atoms with Crippen molar-refractivity contribution in [1.29, 1.82) is 0 Å². The second kappa shape index (κ2) is 6.33. The summed E-state index contributed by atoms with van der Waals surface area (Å²) in [5, 5.41) is 9.28. The number of pyridine rings is 1. The summed E-state index contributed by atoms with van der Waals surface area (Å²) in [5.74, 6) is -1.40. The standard InChI is InChI=1S/C14H13ClN2O4S/c1-2-17(13-10(14(18)19)6-5-9-16-13)22(20,21)12-8-4-3-7-11(12)15/h3-9H,2H2,1H3,(H,18,19). The molecule has 1 heterocycles. The van der Waals surface area contributed by atoms with Gasteiger partial charge in [0, 0.05) is 12.7 Å². The van der Waals surface area contributed by atoms with Crippen LogP contribution in [0.5, 0.6) is 0 Å². The first-order chi connectivity index (χ1) is 10.4. The van der Waals surface area contributed by atoms with Crippen molar-refractivity contribution in [2.45, 2.75) is 11.8 Å². The normalized spacial score (nSPS) is 11.2. The number of hydrogen-bond donors (Lipinski definition) is 1. The topological polar surface area (TPSA) is 87.6 Å². The SMILES string of the molecule is CCN(c1ncccc1C(=O)O)S(=O)(=O)c1ccccc1Cl. The molecule has 0 aliphatic rings. The first-order valence-corrected chi connectivity index (χ1v) is 8.17. The Kier molecular flexibility index (Phi) is 4.68. The molecule has 0 bridgehead atoms. The third-order valence-corrected chi connectivity index (χ3v) is 5.31. The van der Waals surface area contributed by atoms with Gasteiger partial charge in [-0.25, -0.2) is 22.5 Å². The molecule has 0 fully saturated rings. The maximum atomic E-state index is 12.8. The Hall–Kier alpha value is -2.12. The van der Waals surface area contributed by atoms with Gasteiger partial charge in [0.05, 0.1) is 5.02 Å². The van der Waals surface area contributed by atoms with E-state index in [1.807, 2.05) is 0 Å². The average Bonchev–Trinajstić information content (AvgIpc) is 2.48. The number of carboxylic acids is 1. The van der Waals surface area contributed by atoms with Gasteiger partial charge in [-0.3, -0.25) is 0 Å². The molecule has 6 nitrogen and oxygen atoms in total. The molecule has 0 spiro atoms. The van der Waals surface area contributed by atoms with E-state index in [1.54, 1.807) is 19.1 Å². The lowest BCUT2D eigenvalue weighted by Crippen LogP contribution is -2.33. The van der Waals surface area contributed by atoms with Crippen LogP contribution in [0.1, 0.15) is 17.3 Å². The summed E-state index contributed by atoms with van der Waals surface area (Å²) in [4.78, 5) is 15.1. The fourth-order valence-electron chi connectivity index (χ4n) is 1.97. The van der Waals surface area contributed by atoms with E-state index >= 15 is 0 Å². The summed E-state index contributed by atoms with van der Waals surface area (Å²) < 4.78 is 26.5. The molecule has 2 aromatic rings. The molecule has 0 atom stereocenters. The highest BCUT2D eigenvalue weighted by Crippen LogP contribution is 2.28. The van der Waals surface area contributed by atoms with E-state index in [-0.39, 0.29) is 27.8 Å². The molecule has 0 saturated heterocycles. The Morgan fingerprint density at radius 2 is 1.95 bits per heavy atom. The minimum Gasteiger partial charge on any atom is -0.478 e. The summed E-state index contributed by atoms with van der Waals surface area (Å²) in [6.07, 6.45) is 1.34. The van der Waals surface area contributed by atoms with Crippen LogP contribution in [0.2, 0.25) is 5.02 Å². The van der Waals surface area contributed by atoms with Crippen molar-refractivity contribution in [2.75, 3.05) is 10.8 Å². The highest BCUT2D eigenvalue weighted by Gasteiger charge is 2.29. The number of hydrogen-bond acceptors (Lipinski definition) is 4. The number of benzene rings is 1. The van der Waals surface area contributed by atoms with Crippen molar-refractivity contribution in [3.8, 4) is 0 Å². The van der Waals surface area contributed by atoms with Gasteiger partial charge < -0.3 is 5.11 Å². The van der Waals surface area contributed by atoms with Crippen LogP contribution in [0.3, 0.4) is 0 Å². The summed E-state index contributed by atoms with van der Waals surface area (Å²) in [7, 11) is -4.02. The molecule has 2 rings (SSSR count).